The third-order valence-corrected chi connectivity index (χ3v) is 2.62. The van der Waals surface area contributed by atoms with Gasteiger partial charge in [-0.05, 0) is 11.6 Å². The van der Waals surface area contributed by atoms with Crippen molar-refractivity contribution in [2.24, 2.45) is 12.8 Å². The van der Waals surface area contributed by atoms with Crippen LogP contribution in [0, 0.1) is 10.1 Å². The minimum atomic E-state index is -0.495. The zero-order valence-corrected chi connectivity index (χ0v) is 10.3. The average Bonchev–Trinajstić information content (AvgIpc) is 2.81. The third kappa shape index (κ3) is 2.86. The van der Waals surface area contributed by atoms with Gasteiger partial charge in [0.25, 0.3) is 0 Å². The largest absolute Gasteiger partial charge is 0.479 e. The number of ether oxygens (including phenoxy) is 1. The molecule has 0 spiro atoms. The van der Waals surface area contributed by atoms with E-state index < -0.39 is 4.92 Å². The fourth-order valence-corrected chi connectivity index (χ4v) is 1.55. The molecule has 8 nitrogen and oxygen atoms in total. The number of hydrogen-bond acceptors (Lipinski definition) is 6. The predicted molar refractivity (Wildman–Crippen MR) is 66.3 cm³/mol. The Balaban J connectivity index is 2.20. The molecule has 0 fully saturated rings. The van der Waals surface area contributed by atoms with Gasteiger partial charge in [0.15, 0.2) is 11.6 Å². The van der Waals surface area contributed by atoms with Gasteiger partial charge in [-0.2, -0.15) is 5.10 Å². The molecule has 2 N–H and O–H groups in total. The number of hydrogen-bond donors (Lipinski definition) is 1. The zero-order valence-electron chi connectivity index (χ0n) is 10.3. The summed E-state index contributed by atoms with van der Waals surface area (Å²) in [5.74, 6) is 0.766. The van der Waals surface area contributed by atoms with Crippen molar-refractivity contribution in [2.75, 3.05) is 0 Å². The maximum atomic E-state index is 11.0. The summed E-state index contributed by atoms with van der Waals surface area (Å²) in [6.07, 6.45) is 1.39. The molecule has 0 aliphatic heterocycles. The van der Waals surface area contributed by atoms with E-state index in [1.807, 2.05) is 0 Å². The first-order chi connectivity index (χ1) is 9.11. The van der Waals surface area contributed by atoms with E-state index in [-0.39, 0.29) is 24.6 Å². The third-order valence-electron chi connectivity index (χ3n) is 2.62. The van der Waals surface area contributed by atoms with Crippen LogP contribution in [0.3, 0.4) is 0 Å². The number of rotatable bonds is 5. The van der Waals surface area contributed by atoms with Crippen LogP contribution in [0.15, 0.2) is 24.5 Å². The van der Waals surface area contributed by atoms with Crippen molar-refractivity contribution in [3.8, 4) is 5.75 Å². The first-order valence-electron chi connectivity index (χ1n) is 5.55. The van der Waals surface area contributed by atoms with Crippen LogP contribution in [0.2, 0.25) is 0 Å². The smallest absolute Gasteiger partial charge is 0.311 e. The quantitative estimate of drug-likeness (QED) is 0.630. The van der Waals surface area contributed by atoms with Gasteiger partial charge in [0.05, 0.1) is 4.92 Å². The summed E-state index contributed by atoms with van der Waals surface area (Å²) in [7, 11) is 1.72. The Labute approximate surface area is 109 Å². The van der Waals surface area contributed by atoms with Crippen molar-refractivity contribution >= 4 is 5.69 Å². The summed E-state index contributed by atoms with van der Waals surface area (Å²) in [6.45, 7) is 0.351. The molecule has 1 aromatic carbocycles. The van der Waals surface area contributed by atoms with Gasteiger partial charge < -0.3 is 10.5 Å². The van der Waals surface area contributed by atoms with Gasteiger partial charge in [0.1, 0.15) is 12.9 Å². The normalized spacial score (nSPS) is 10.4. The standard InChI is InChI=1S/C11H13N5O3/c1-15-11(13-7-14-15)6-19-10-3-2-8(5-12)4-9(10)16(17)18/h2-4,7H,5-6,12H2,1H3. The Hall–Kier alpha value is -2.48. The second kappa shape index (κ2) is 5.44. The second-order valence-electron chi connectivity index (χ2n) is 3.85. The predicted octanol–water partition coefficient (Wildman–Crippen LogP) is 0.761. The zero-order chi connectivity index (χ0) is 13.8. The fourth-order valence-electron chi connectivity index (χ4n) is 1.55. The van der Waals surface area contributed by atoms with E-state index in [1.54, 1.807) is 17.8 Å². The van der Waals surface area contributed by atoms with Gasteiger partial charge >= 0.3 is 5.69 Å². The molecule has 2 rings (SSSR count). The van der Waals surface area contributed by atoms with Gasteiger partial charge in [0.2, 0.25) is 0 Å². The van der Waals surface area contributed by atoms with Crippen LogP contribution in [-0.2, 0) is 20.2 Å². The summed E-state index contributed by atoms with van der Waals surface area (Å²) >= 11 is 0. The van der Waals surface area contributed by atoms with E-state index in [2.05, 4.69) is 10.1 Å². The Bertz CT molecular complexity index is 596. The number of nitro benzene ring substituents is 1. The Kier molecular flexibility index (Phi) is 3.71. The van der Waals surface area contributed by atoms with E-state index in [9.17, 15) is 10.1 Å². The molecular formula is C11H13N5O3. The molecule has 0 saturated carbocycles. The molecule has 0 radical (unpaired) electrons. The molecular weight excluding hydrogens is 250 g/mol. The highest BCUT2D eigenvalue weighted by Gasteiger charge is 2.16. The minimum absolute atomic E-state index is 0.106. The molecule has 1 heterocycles. The molecule has 0 saturated heterocycles. The Morgan fingerprint density at radius 1 is 1.53 bits per heavy atom. The summed E-state index contributed by atoms with van der Waals surface area (Å²) in [6, 6.07) is 4.64. The lowest BCUT2D eigenvalue weighted by atomic mass is 10.2. The van der Waals surface area contributed by atoms with Gasteiger partial charge in [-0.3, -0.25) is 14.8 Å². The van der Waals surface area contributed by atoms with Crippen LogP contribution >= 0.6 is 0 Å². The van der Waals surface area contributed by atoms with E-state index in [0.717, 1.165) is 0 Å². The number of aryl methyl sites for hydroxylation is 1. The average molecular weight is 263 g/mol. The second-order valence-corrected chi connectivity index (χ2v) is 3.85. The Morgan fingerprint density at radius 2 is 2.32 bits per heavy atom. The molecule has 0 amide bonds. The van der Waals surface area contributed by atoms with Crippen LogP contribution < -0.4 is 10.5 Å². The number of nitro groups is 1. The summed E-state index contributed by atoms with van der Waals surface area (Å²) < 4.78 is 6.96. The fraction of sp³-hybridized carbons (Fsp3) is 0.273. The monoisotopic (exact) mass is 263 g/mol. The molecule has 0 aliphatic carbocycles. The van der Waals surface area contributed by atoms with Gasteiger partial charge in [-0.15, -0.1) is 0 Å². The first kappa shape index (κ1) is 13.0. The van der Waals surface area contributed by atoms with Crippen molar-refractivity contribution in [3.63, 3.8) is 0 Å². The number of nitrogens with two attached hydrogens (primary N) is 1. The summed E-state index contributed by atoms with van der Waals surface area (Å²) in [5.41, 5.74) is 6.03. The molecule has 8 heteroatoms. The van der Waals surface area contributed by atoms with Crippen molar-refractivity contribution in [1.29, 1.82) is 0 Å². The van der Waals surface area contributed by atoms with Gasteiger partial charge in [-0.25, -0.2) is 4.98 Å². The van der Waals surface area contributed by atoms with Crippen LogP contribution in [-0.4, -0.2) is 19.7 Å². The highest BCUT2D eigenvalue weighted by molar-refractivity contribution is 5.48. The highest BCUT2D eigenvalue weighted by Crippen LogP contribution is 2.28. The molecule has 100 valence electrons. The van der Waals surface area contributed by atoms with Crippen molar-refractivity contribution in [2.45, 2.75) is 13.2 Å². The molecule has 0 atom stereocenters. The van der Waals surface area contributed by atoms with E-state index in [1.165, 1.54) is 18.5 Å². The molecule has 19 heavy (non-hydrogen) atoms. The van der Waals surface area contributed by atoms with E-state index >= 15 is 0 Å². The van der Waals surface area contributed by atoms with Crippen LogP contribution in [0.1, 0.15) is 11.4 Å². The number of nitrogens with zero attached hydrogens (tertiary/aromatic N) is 4. The molecule has 1 aromatic heterocycles. The molecule has 0 unspecified atom stereocenters. The first-order valence-corrected chi connectivity index (χ1v) is 5.55. The van der Waals surface area contributed by atoms with Crippen molar-refractivity contribution in [1.82, 2.24) is 14.8 Å². The molecule has 2 aromatic rings. The van der Waals surface area contributed by atoms with E-state index in [0.29, 0.717) is 11.4 Å². The molecule has 0 aliphatic rings. The number of benzene rings is 1. The van der Waals surface area contributed by atoms with Gasteiger partial charge in [-0.1, -0.05) is 6.07 Å². The summed E-state index contributed by atoms with van der Waals surface area (Å²) in [5, 5.41) is 14.9. The topological polar surface area (TPSA) is 109 Å². The maximum absolute atomic E-state index is 11.0. The minimum Gasteiger partial charge on any atom is -0.479 e. The molecule has 0 bridgehead atoms. The van der Waals surface area contributed by atoms with E-state index in [4.69, 9.17) is 10.5 Å². The number of aromatic nitrogens is 3. The lowest BCUT2D eigenvalue weighted by Crippen LogP contribution is -2.06. The lowest BCUT2D eigenvalue weighted by molar-refractivity contribution is -0.386. The Morgan fingerprint density at radius 3 is 2.89 bits per heavy atom. The van der Waals surface area contributed by atoms with Crippen LogP contribution in [0.25, 0.3) is 0 Å². The van der Waals surface area contributed by atoms with Crippen LogP contribution in [0.5, 0.6) is 5.75 Å². The maximum Gasteiger partial charge on any atom is 0.311 e. The van der Waals surface area contributed by atoms with Crippen molar-refractivity contribution < 1.29 is 9.66 Å². The summed E-state index contributed by atoms with van der Waals surface area (Å²) in [4.78, 5) is 14.5. The van der Waals surface area contributed by atoms with Crippen molar-refractivity contribution in [3.05, 3.63) is 46.0 Å². The SMILES string of the molecule is Cn1ncnc1COc1ccc(CN)cc1[N+](=O)[O-]. The van der Waals surface area contributed by atoms with Gasteiger partial charge in [0, 0.05) is 19.7 Å². The highest BCUT2D eigenvalue weighted by atomic mass is 16.6. The lowest BCUT2D eigenvalue weighted by Gasteiger charge is -2.07. The van der Waals surface area contributed by atoms with Crippen LogP contribution in [0.4, 0.5) is 5.69 Å².